The molecular formula is C29H32N6O. The zero-order valence-corrected chi connectivity index (χ0v) is 20.5. The first-order chi connectivity index (χ1) is 17.6. The number of nitriles is 1. The molecule has 1 amide bonds. The molecule has 7 heteroatoms. The van der Waals surface area contributed by atoms with Gasteiger partial charge >= 0.3 is 0 Å². The van der Waals surface area contributed by atoms with Gasteiger partial charge in [0.25, 0.3) is 5.91 Å². The highest BCUT2D eigenvalue weighted by Crippen LogP contribution is 2.61. The second kappa shape index (κ2) is 9.42. The number of carbonyl (C=O) groups excluding carboxylic acids is 1. The molecule has 1 aromatic carbocycles. The van der Waals surface area contributed by atoms with Crippen LogP contribution in [0.25, 0.3) is 11.8 Å². The summed E-state index contributed by atoms with van der Waals surface area (Å²) >= 11 is 0. The van der Waals surface area contributed by atoms with Crippen LogP contribution < -0.4 is 5.32 Å². The molecule has 0 aliphatic heterocycles. The van der Waals surface area contributed by atoms with E-state index in [4.69, 9.17) is 5.10 Å². The molecule has 4 fully saturated rings. The first-order valence-corrected chi connectivity index (χ1v) is 13.1. The lowest BCUT2D eigenvalue weighted by atomic mass is 9.48. The van der Waals surface area contributed by atoms with Crippen molar-refractivity contribution in [2.24, 2.45) is 17.8 Å². The normalized spacial score (nSPS) is 26.6. The Morgan fingerprint density at radius 2 is 1.86 bits per heavy atom. The number of nitrogens with zero attached hydrogens (tertiary/aromatic N) is 5. The number of rotatable bonds is 8. The third-order valence-electron chi connectivity index (χ3n) is 8.41. The summed E-state index contributed by atoms with van der Waals surface area (Å²) in [6.07, 6.45) is 17.5. The van der Waals surface area contributed by atoms with E-state index in [0.29, 0.717) is 6.54 Å². The highest BCUT2D eigenvalue weighted by molar-refractivity contribution is 6.01. The average Bonchev–Trinajstić information content (AvgIpc) is 3.55. The van der Waals surface area contributed by atoms with Crippen molar-refractivity contribution in [2.75, 3.05) is 6.54 Å². The van der Waals surface area contributed by atoms with Crippen LogP contribution in [0, 0.1) is 29.1 Å². The molecule has 4 saturated carbocycles. The van der Waals surface area contributed by atoms with E-state index in [0.717, 1.165) is 47.7 Å². The molecular weight excluding hydrogens is 448 g/mol. The molecule has 36 heavy (non-hydrogen) atoms. The van der Waals surface area contributed by atoms with Gasteiger partial charge in [0.05, 0.1) is 17.7 Å². The van der Waals surface area contributed by atoms with Crippen LogP contribution in [0.3, 0.4) is 0 Å². The average molecular weight is 481 g/mol. The number of aryl methyl sites for hydroxylation is 1. The first kappa shape index (κ1) is 22.8. The van der Waals surface area contributed by atoms with Gasteiger partial charge in [-0.3, -0.25) is 4.79 Å². The number of hydrogen-bond acceptors (Lipinski definition) is 4. The van der Waals surface area contributed by atoms with Gasteiger partial charge in [-0.15, -0.1) is 0 Å². The van der Waals surface area contributed by atoms with Crippen LogP contribution in [0.4, 0.5) is 0 Å². The summed E-state index contributed by atoms with van der Waals surface area (Å²) in [6.45, 7) is 1.27. The molecule has 0 radical (unpaired) electrons. The highest BCUT2D eigenvalue weighted by Gasteiger charge is 2.53. The molecule has 2 heterocycles. The summed E-state index contributed by atoms with van der Waals surface area (Å²) in [5, 5.41) is 18.0. The quantitative estimate of drug-likeness (QED) is 0.289. The van der Waals surface area contributed by atoms with Gasteiger partial charge < -0.3 is 9.88 Å². The maximum Gasteiger partial charge on any atom is 0.261 e. The number of aromatic nitrogens is 4. The summed E-state index contributed by atoms with van der Waals surface area (Å²) in [5.74, 6) is 2.02. The van der Waals surface area contributed by atoms with Gasteiger partial charge in [-0.05, 0) is 80.9 Å². The largest absolute Gasteiger partial charge is 0.351 e. The summed E-state index contributed by atoms with van der Waals surface area (Å²) in [5.41, 5.74) is 3.17. The van der Waals surface area contributed by atoms with E-state index in [-0.39, 0.29) is 16.9 Å². The van der Waals surface area contributed by atoms with E-state index in [9.17, 15) is 10.1 Å². The van der Waals surface area contributed by atoms with Crippen molar-refractivity contribution in [2.45, 2.75) is 56.9 Å². The van der Waals surface area contributed by atoms with Gasteiger partial charge in [0.2, 0.25) is 0 Å². The Hall–Kier alpha value is -3.66. The van der Waals surface area contributed by atoms with E-state index in [1.807, 2.05) is 52.0 Å². The van der Waals surface area contributed by atoms with Crippen LogP contribution in [0.15, 0.2) is 60.8 Å². The number of amides is 1. The van der Waals surface area contributed by atoms with Crippen molar-refractivity contribution >= 4 is 12.0 Å². The van der Waals surface area contributed by atoms with Crippen LogP contribution in [-0.2, 0) is 16.8 Å². The molecule has 4 aliphatic rings. The lowest BCUT2D eigenvalue weighted by Gasteiger charge is -2.56. The second-order valence-electron chi connectivity index (χ2n) is 11.0. The zero-order valence-electron chi connectivity index (χ0n) is 20.5. The van der Waals surface area contributed by atoms with Crippen LogP contribution >= 0.6 is 0 Å². The number of nitrogens with one attached hydrogen (secondary N) is 1. The molecule has 2 aromatic heterocycles. The van der Waals surface area contributed by atoms with Crippen molar-refractivity contribution < 1.29 is 4.79 Å². The minimum Gasteiger partial charge on any atom is -0.351 e. The fraction of sp³-hybridized carbons (Fsp3) is 0.448. The Morgan fingerprint density at radius 3 is 2.50 bits per heavy atom. The van der Waals surface area contributed by atoms with Crippen LogP contribution in [-0.4, -0.2) is 31.8 Å². The molecule has 0 saturated heterocycles. The molecule has 0 atom stereocenters. The van der Waals surface area contributed by atoms with Crippen molar-refractivity contribution in [1.82, 2.24) is 24.6 Å². The Bertz CT molecular complexity index is 1260. The van der Waals surface area contributed by atoms with Gasteiger partial charge in [-0.25, -0.2) is 9.67 Å². The molecule has 4 aliphatic carbocycles. The maximum absolute atomic E-state index is 12.9. The number of para-hydroxylation sites is 1. The molecule has 7 rings (SSSR count). The van der Waals surface area contributed by atoms with Crippen LogP contribution in [0.2, 0.25) is 0 Å². The van der Waals surface area contributed by atoms with E-state index in [1.165, 1.54) is 38.5 Å². The predicted molar refractivity (Wildman–Crippen MR) is 137 cm³/mol. The van der Waals surface area contributed by atoms with E-state index in [2.05, 4.69) is 16.4 Å². The summed E-state index contributed by atoms with van der Waals surface area (Å²) in [6, 6.07) is 12.3. The molecule has 0 unspecified atom stereocenters. The van der Waals surface area contributed by atoms with E-state index in [1.54, 1.807) is 18.6 Å². The van der Waals surface area contributed by atoms with Crippen molar-refractivity contribution in [1.29, 1.82) is 5.26 Å². The minimum absolute atomic E-state index is 0.0580. The first-order valence-electron chi connectivity index (χ1n) is 13.1. The molecule has 0 spiro atoms. The Labute approximate surface area is 211 Å². The van der Waals surface area contributed by atoms with E-state index < -0.39 is 0 Å². The summed E-state index contributed by atoms with van der Waals surface area (Å²) in [7, 11) is 0. The van der Waals surface area contributed by atoms with Gasteiger partial charge in [-0.2, -0.15) is 10.4 Å². The lowest BCUT2D eigenvalue weighted by molar-refractivity contribution is -0.117. The number of benzene rings is 1. The molecule has 7 nitrogen and oxygen atoms in total. The molecule has 3 aromatic rings. The SMILES string of the molecule is N#CC(=Cc1cn(-c2ccccc2)nc1C12CC3CC(CC(C3)C1)C2)C(=O)NCCCn1ccnc1. The number of hydrogen-bond donors (Lipinski definition) is 1. The Balaban J connectivity index is 1.28. The van der Waals surface area contributed by atoms with Crippen molar-refractivity contribution in [3.63, 3.8) is 0 Å². The summed E-state index contributed by atoms with van der Waals surface area (Å²) < 4.78 is 3.90. The third kappa shape index (κ3) is 4.37. The predicted octanol–water partition coefficient (Wildman–Crippen LogP) is 4.65. The van der Waals surface area contributed by atoms with E-state index >= 15 is 0 Å². The summed E-state index contributed by atoms with van der Waals surface area (Å²) in [4.78, 5) is 17.0. The second-order valence-corrected chi connectivity index (χ2v) is 11.0. The molecule has 184 valence electrons. The number of carbonyl (C=O) groups is 1. The van der Waals surface area contributed by atoms with Gasteiger partial charge in [0.1, 0.15) is 11.6 Å². The number of imidazole rings is 1. The fourth-order valence-electron chi connectivity index (χ4n) is 7.30. The Morgan fingerprint density at radius 1 is 1.14 bits per heavy atom. The molecule has 1 N–H and O–H groups in total. The fourth-order valence-corrected chi connectivity index (χ4v) is 7.30. The standard InChI is InChI=1S/C29H32N6O/c30-18-24(28(36)32-7-4-9-34-10-8-31-20-34)14-25-19-35(26-5-2-1-3-6-26)33-27(25)29-15-21-11-22(16-29)13-23(12-21)17-29/h1-3,5-6,8,10,14,19-23H,4,7,9,11-13,15-17H2,(H,32,36). The topological polar surface area (TPSA) is 88.5 Å². The minimum atomic E-state index is -0.327. The maximum atomic E-state index is 12.9. The smallest absolute Gasteiger partial charge is 0.261 e. The van der Waals surface area contributed by atoms with Crippen molar-refractivity contribution in [3.8, 4) is 11.8 Å². The highest BCUT2D eigenvalue weighted by atomic mass is 16.1. The monoisotopic (exact) mass is 480 g/mol. The molecule has 4 bridgehead atoms. The van der Waals surface area contributed by atoms with Gasteiger partial charge in [0.15, 0.2) is 0 Å². The third-order valence-corrected chi connectivity index (χ3v) is 8.41. The van der Waals surface area contributed by atoms with Crippen molar-refractivity contribution in [3.05, 3.63) is 72.1 Å². The lowest BCUT2D eigenvalue weighted by Crippen LogP contribution is -2.49. The zero-order chi connectivity index (χ0) is 24.5. The van der Waals surface area contributed by atoms with Crippen LogP contribution in [0.5, 0.6) is 0 Å². The Kier molecular flexibility index (Phi) is 5.96. The van der Waals surface area contributed by atoms with Gasteiger partial charge in [0, 0.05) is 42.7 Å². The van der Waals surface area contributed by atoms with Gasteiger partial charge in [-0.1, -0.05) is 18.2 Å². The van der Waals surface area contributed by atoms with Crippen LogP contribution in [0.1, 0.15) is 56.2 Å².